The predicted octanol–water partition coefficient (Wildman–Crippen LogP) is 9.19. The minimum Gasteiger partial charge on any atom is -0.356 e. The van der Waals surface area contributed by atoms with Crippen LogP contribution in [0.15, 0.2) is 140 Å². The zero-order valence-corrected chi connectivity index (χ0v) is 19.8. The van der Waals surface area contributed by atoms with E-state index < -0.39 is 0 Å². The molecular formula is C32H30N2. The monoisotopic (exact) mass is 442 g/mol. The molecule has 0 heterocycles. The Morgan fingerprint density at radius 3 is 1.94 bits per heavy atom. The highest BCUT2D eigenvalue weighted by molar-refractivity contribution is 5.75. The van der Waals surface area contributed by atoms with E-state index in [1.54, 1.807) is 0 Å². The number of nitrogens with one attached hydrogen (secondary N) is 1. The second kappa shape index (κ2) is 10.5. The van der Waals surface area contributed by atoms with Crippen molar-refractivity contribution in [3.05, 3.63) is 145 Å². The molecule has 0 aliphatic carbocycles. The minimum atomic E-state index is 0.980. The fourth-order valence-corrected chi connectivity index (χ4v) is 3.92. The van der Waals surface area contributed by atoms with Crippen molar-refractivity contribution in [3.63, 3.8) is 0 Å². The molecule has 2 heteroatoms. The summed E-state index contributed by atoms with van der Waals surface area (Å²) in [6.45, 7) is 12.2. The zero-order valence-electron chi connectivity index (χ0n) is 19.8. The summed E-state index contributed by atoms with van der Waals surface area (Å²) in [5, 5.41) is 3.43. The van der Waals surface area contributed by atoms with Crippen LogP contribution in [-0.4, -0.2) is 0 Å². The lowest BCUT2D eigenvalue weighted by Gasteiger charge is -2.27. The fraction of sp³-hybridized carbons (Fsp3) is 0.0625. The number of allylic oxidation sites excluding steroid dienone is 3. The molecule has 0 saturated carbocycles. The first kappa shape index (κ1) is 22.9. The van der Waals surface area contributed by atoms with Crippen LogP contribution < -0.4 is 10.2 Å². The van der Waals surface area contributed by atoms with Crippen LogP contribution in [0.1, 0.15) is 12.5 Å². The molecule has 0 aromatic heterocycles. The standard InChI is InChI=1S/C32H30N2/c1-5-30(22-24(2)3)34(32-13-9-10-25(4)23-32)31-20-16-27(17-21-31)26-14-18-29(19-15-26)33-28-11-7-6-8-12-28/h5-23,33H,1-2H2,3-4H3/b30-22+. The Morgan fingerprint density at radius 1 is 0.735 bits per heavy atom. The molecule has 0 aliphatic heterocycles. The van der Waals surface area contributed by atoms with Gasteiger partial charge in [-0.15, -0.1) is 0 Å². The smallest absolute Gasteiger partial charge is 0.0464 e. The molecule has 2 nitrogen and oxygen atoms in total. The summed E-state index contributed by atoms with van der Waals surface area (Å²) in [5.74, 6) is 0. The first-order chi connectivity index (χ1) is 16.5. The molecule has 168 valence electrons. The second-order valence-corrected chi connectivity index (χ2v) is 8.41. The van der Waals surface area contributed by atoms with Crippen molar-refractivity contribution in [2.75, 3.05) is 10.2 Å². The molecule has 0 saturated heterocycles. The Kier molecular flexibility index (Phi) is 7.10. The van der Waals surface area contributed by atoms with Crippen LogP contribution in [0.5, 0.6) is 0 Å². The van der Waals surface area contributed by atoms with Crippen LogP contribution in [0, 0.1) is 6.92 Å². The van der Waals surface area contributed by atoms with Gasteiger partial charge < -0.3 is 10.2 Å². The van der Waals surface area contributed by atoms with E-state index in [-0.39, 0.29) is 0 Å². The number of benzene rings is 4. The van der Waals surface area contributed by atoms with E-state index in [1.165, 1.54) is 16.7 Å². The molecule has 34 heavy (non-hydrogen) atoms. The maximum atomic E-state index is 4.06. The highest BCUT2D eigenvalue weighted by atomic mass is 15.1. The van der Waals surface area contributed by atoms with Gasteiger partial charge in [-0.05, 0) is 91.2 Å². The molecule has 4 rings (SSSR count). The van der Waals surface area contributed by atoms with Gasteiger partial charge in [0.05, 0.1) is 0 Å². The van der Waals surface area contributed by atoms with Crippen LogP contribution in [0.4, 0.5) is 22.7 Å². The highest BCUT2D eigenvalue weighted by Crippen LogP contribution is 2.33. The van der Waals surface area contributed by atoms with Crippen molar-refractivity contribution < 1.29 is 0 Å². The Bertz CT molecular complexity index is 1300. The number of hydrogen-bond donors (Lipinski definition) is 1. The molecule has 0 fully saturated rings. The van der Waals surface area contributed by atoms with Crippen LogP contribution >= 0.6 is 0 Å². The SMILES string of the molecule is C=C/C(=C\C(=C)C)N(c1ccc(-c2ccc(Nc3ccccc3)cc2)cc1)c1cccc(C)c1. The van der Waals surface area contributed by atoms with E-state index >= 15 is 0 Å². The molecule has 4 aromatic carbocycles. The maximum Gasteiger partial charge on any atom is 0.0464 e. The van der Waals surface area contributed by atoms with Crippen molar-refractivity contribution in [1.29, 1.82) is 0 Å². The highest BCUT2D eigenvalue weighted by Gasteiger charge is 2.13. The average Bonchev–Trinajstić information content (AvgIpc) is 2.85. The first-order valence-corrected chi connectivity index (χ1v) is 11.4. The lowest BCUT2D eigenvalue weighted by molar-refractivity contribution is 1.20. The molecule has 0 spiro atoms. The van der Waals surface area contributed by atoms with Gasteiger partial charge in [-0.2, -0.15) is 0 Å². The van der Waals surface area contributed by atoms with Crippen molar-refractivity contribution in [1.82, 2.24) is 0 Å². The quantitative estimate of drug-likeness (QED) is 0.274. The van der Waals surface area contributed by atoms with E-state index in [1.807, 2.05) is 31.2 Å². The summed E-state index contributed by atoms with van der Waals surface area (Å²) >= 11 is 0. The number of para-hydroxylation sites is 1. The fourth-order valence-electron chi connectivity index (χ4n) is 3.92. The van der Waals surface area contributed by atoms with Crippen molar-refractivity contribution in [2.24, 2.45) is 0 Å². The van der Waals surface area contributed by atoms with Crippen molar-refractivity contribution >= 4 is 22.7 Å². The van der Waals surface area contributed by atoms with Crippen LogP contribution in [0.2, 0.25) is 0 Å². The van der Waals surface area contributed by atoms with Crippen molar-refractivity contribution in [3.8, 4) is 11.1 Å². The maximum absolute atomic E-state index is 4.06. The normalized spacial score (nSPS) is 11.1. The first-order valence-electron chi connectivity index (χ1n) is 11.4. The molecule has 4 aromatic rings. The van der Waals surface area contributed by atoms with Gasteiger partial charge in [-0.25, -0.2) is 0 Å². The summed E-state index contributed by atoms with van der Waals surface area (Å²) in [4.78, 5) is 2.21. The molecule has 0 aliphatic rings. The van der Waals surface area contributed by atoms with Gasteiger partial charge >= 0.3 is 0 Å². The Balaban J connectivity index is 1.62. The largest absolute Gasteiger partial charge is 0.356 e. The third kappa shape index (κ3) is 5.54. The molecule has 0 radical (unpaired) electrons. The summed E-state index contributed by atoms with van der Waals surface area (Å²) in [7, 11) is 0. The van der Waals surface area contributed by atoms with E-state index in [9.17, 15) is 0 Å². The summed E-state index contributed by atoms with van der Waals surface area (Å²) in [6.07, 6.45) is 3.94. The Hall–Kier alpha value is -4.30. The van der Waals surface area contributed by atoms with Gasteiger partial charge in [0.25, 0.3) is 0 Å². The van der Waals surface area contributed by atoms with E-state index in [0.717, 1.165) is 34.0 Å². The number of rotatable bonds is 8. The van der Waals surface area contributed by atoms with Gasteiger partial charge in [-0.1, -0.05) is 73.3 Å². The predicted molar refractivity (Wildman–Crippen MR) is 148 cm³/mol. The zero-order chi connectivity index (χ0) is 23.9. The van der Waals surface area contributed by atoms with Crippen LogP contribution in [0.25, 0.3) is 11.1 Å². The van der Waals surface area contributed by atoms with Gasteiger partial charge in [-0.3, -0.25) is 0 Å². The minimum absolute atomic E-state index is 0.980. The molecule has 0 unspecified atom stereocenters. The molecule has 1 N–H and O–H groups in total. The average molecular weight is 443 g/mol. The van der Waals surface area contributed by atoms with Crippen LogP contribution in [-0.2, 0) is 0 Å². The lowest BCUT2D eigenvalue weighted by Crippen LogP contribution is -2.15. The number of aryl methyl sites for hydroxylation is 1. The summed E-state index contributed by atoms with van der Waals surface area (Å²) in [6, 6.07) is 35.9. The third-order valence-electron chi connectivity index (χ3n) is 5.53. The Morgan fingerprint density at radius 2 is 1.35 bits per heavy atom. The molecule has 0 bridgehead atoms. The van der Waals surface area contributed by atoms with E-state index in [0.29, 0.717) is 0 Å². The van der Waals surface area contributed by atoms with E-state index in [4.69, 9.17) is 0 Å². The summed E-state index contributed by atoms with van der Waals surface area (Å²) in [5.41, 5.74) is 9.84. The van der Waals surface area contributed by atoms with Gasteiger partial charge in [0.15, 0.2) is 0 Å². The topological polar surface area (TPSA) is 15.3 Å². The van der Waals surface area contributed by atoms with E-state index in [2.05, 4.69) is 121 Å². The Labute approximate surface area is 203 Å². The third-order valence-corrected chi connectivity index (χ3v) is 5.53. The number of hydrogen-bond acceptors (Lipinski definition) is 2. The molecule has 0 amide bonds. The van der Waals surface area contributed by atoms with Crippen LogP contribution in [0.3, 0.4) is 0 Å². The van der Waals surface area contributed by atoms with Crippen molar-refractivity contribution in [2.45, 2.75) is 13.8 Å². The van der Waals surface area contributed by atoms with Gasteiger partial charge in [0.2, 0.25) is 0 Å². The van der Waals surface area contributed by atoms with Gasteiger partial charge in [0, 0.05) is 28.4 Å². The molecule has 0 atom stereocenters. The number of nitrogens with zero attached hydrogens (tertiary/aromatic N) is 1. The summed E-state index contributed by atoms with van der Waals surface area (Å²) < 4.78 is 0. The second-order valence-electron chi connectivity index (χ2n) is 8.41. The van der Waals surface area contributed by atoms with Gasteiger partial charge in [0.1, 0.15) is 0 Å². The lowest BCUT2D eigenvalue weighted by atomic mass is 10.0. The number of anilines is 4. The molecular weight excluding hydrogens is 412 g/mol.